The van der Waals surface area contributed by atoms with Gasteiger partial charge >= 0.3 is 0 Å². The molecule has 1 aromatic carbocycles. The summed E-state index contributed by atoms with van der Waals surface area (Å²) in [5, 5.41) is 14.5. The van der Waals surface area contributed by atoms with Crippen molar-refractivity contribution in [3.8, 4) is 0 Å². The zero-order chi connectivity index (χ0) is 10.9. The molecule has 15 heavy (non-hydrogen) atoms. The number of benzene rings is 1. The number of hydrogen-bond acceptors (Lipinski definition) is 2. The molecule has 2 rings (SSSR count). The molecule has 2 N–H and O–H groups in total. The van der Waals surface area contributed by atoms with Crippen molar-refractivity contribution in [1.29, 1.82) is 0 Å². The molecule has 2 atom stereocenters. The molecule has 0 radical (unpaired) electrons. The number of nitrogens with one attached hydrogen (secondary N) is 1. The summed E-state index contributed by atoms with van der Waals surface area (Å²) >= 11 is 5.83. The smallest absolute Gasteiger partial charge is 0.0909 e. The predicted octanol–water partition coefficient (Wildman–Crippen LogP) is 2.16. The Morgan fingerprint density at radius 3 is 2.60 bits per heavy atom. The van der Waals surface area contributed by atoms with Crippen LogP contribution in [0.25, 0.3) is 0 Å². The van der Waals surface area contributed by atoms with Crippen LogP contribution in [0.1, 0.15) is 18.9 Å². The summed E-state index contributed by atoms with van der Waals surface area (Å²) in [7, 11) is 0. The van der Waals surface area contributed by atoms with E-state index in [4.69, 9.17) is 11.6 Å². The predicted molar refractivity (Wildman–Crippen MR) is 62.0 cm³/mol. The topological polar surface area (TPSA) is 32.3 Å². The highest BCUT2D eigenvalue weighted by Gasteiger charge is 2.35. The van der Waals surface area contributed by atoms with Crippen molar-refractivity contribution in [1.82, 2.24) is 5.32 Å². The van der Waals surface area contributed by atoms with Crippen LogP contribution in [0.15, 0.2) is 24.3 Å². The van der Waals surface area contributed by atoms with Crippen molar-refractivity contribution in [3.05, 3.63) is 34.9 Å². The fourth-order valence-electron chi connectivity index (χ4n) is 2.16. The fourth-order valence-corrected chi connectivity index (χ4v) is 2.28. The lowest BCUT2D eigenvalue weighted by Crippen LogP contribution is -2.33. The van der Waals surface area contributed by atoms with Gasteiger partial charge in [0.1, 0.15) is 0 Å². The van der Waals surface area contributed by atoms with Gasteiger partial charge in [-0.1, -0.05) is 23.7 Å². The number of halogens is 1. The van der Waals surface area contributed by atoms with Gasteiger partial charge in [0.05, 0.1) is 5.60 Å². The van der Waals surface area contributed by atoms with Crippen molar-refractivity contribution in [3.63, 3.8) is 0 Å². The lowest BCUT2D eigenvalue weighted by atomic mass is 9.82. The highest BCUT2D eigenvalue weighted by atomic mass is 35.5. The molecule has 3 heteroatoms. The van der Waals surface area contributed by atoms with Crippen molar-refractivity contribution in [2.75, 3.05) is 13.1 Å². The molecule has 1 heterocycles. The van der Waals surface area contributed by atoms with Crippen molar-refractivity contribution in [2.45, 2.75) is 18.9 Å². The van der Waals surface area contributed by atoms with Gasteiger partial charge in [-0.2, -0.15) is 0 Å². The van der Waals surface area contributed by atoms with Crippen LogP contribution >= 0.6 is 11.6 Å². The third kappa shape index (κ3) is 2.17. The van der Waals surface area contributed by atoms with Crippen LogP contribution in [0.3, 0.4) is 0 Å². The highest BCUT2D eigenvalue weighted by Crippen LogP contribution is 2.33. The van der Waals surface area contributed by atoms with Crippen LogP contribution in [0.4, 0.5) is 0 Å². The first-order chi connectivity index (χ1) is 7.10. The second-order valence-corrected chi connectivity index (χ2v) is 4.78. The second-order valence-electron chi connectivity index (χ2n) is 4.34. The van der Waals surface area contributed by atoms with Crippen LogP contribution in [-0.4, -0.2) is 18.2 Å². The monoisotopic (exact) mass is 225 g/mol. The molecule has 0 spiro atoms. The van der Waals surface area contributed by atoms with E-state index < -0.39 is 5.60 Å². The van der Waals surface area contributed by atoms with Crippen LogP contribution in [0, 0.1) is 5.92 Å². The molecule has 82 valence electrons. The quantitative estimate of drug-likeness (QED) is 0.809. The molecule has 1 aliphatic heterocycles. The first kappa shape index (κ1) is 10.9. The van der Waals surface area contributed by atoms with Gasteiger partial charge in [-0.25, -0.2) is 0 Å². The minimum Gasteiger partial charge on any atom is -0.385 e. The normalized spacial score (nSPS) is 25.1. The third-order valence-electron chi connectivity index (χ3n) is 3.28. The van der Waals surface area contributed by atoms with E-state index in [1.807, 2.05) is 31.2 Å². The molecule has 1 aromatic rings. The summed E-state index contributed by atoms with van der Waals surface area (Å²) in [4.78, 5) is 0. The summed E-state index contributed by atoms with van der Waals surface area (Å²) in [6.07, 6.45) is 1.02. The minimum absolute atomic E-state index is 0.290. The third-order valence-corrected chi connectivity index (χ3v) is 3.54. The Kier molecular flexibility index (Phi) is 3.01. The molecule has 1 aliphatic rings. The molecular formula is C12H16ClNO. The molecule has 2 nitrogen and oxygen atoms in total. The van der Waals surface area contributed by atoms with Gasteiger partial charge in [-0.3, -0.25) is 0 Å². The SMILES string of the molecule is CC(O)(c1ccc(Cl)cc1)C1CCNC1. The maximum atomic E-state index is 10.5. The van der Waals surface area contributed by atoms with Gasteiger partial charge in [-0.15, -0.1) is 0 Å². The van der Waals surface area contributed by atoms with Crippen molar-refractivity contribution >= 4 is 11.6 Å². The first-order valence-corrected chi connectivity index (χ1v) is 5.67. The second kappa shape index (κ2) is 4.12. The zero-order valence-electron chi connectivity index (χ0n) is 8.83. The first-order valence-electron chi connectivity index (χ1n) is 5.30. The van der Waals surface area contributed by atoms with E-state index in [0.717, 1.165) is 25.1 Å². The lowest BCUT2D eigenvalue weighted by molar-refractivity contribution is 0.00217. The van der Waals surface area contributed by atoms with Gasteiger partial charge in [0.25, 0.3) is 0 Å². The summed E-state index contributed by atoms with van der Waals surface area (Å²) in [5.74, 6) is 0.290. The Balaban J connectivity index is 2.23. The van der Waals surface area contributed by atoms with E-state index in [0.29, 0.717) is 10.9 Å². The number of hydrogen-bond donors (Lipinski definition) is 2. The van der Waals surface area contributed by atoms with Gasteiger partial charge in [0.15, 0.2) is 0 Å². The Bertz CT molecular complexity index is 328. The molecule has 0 saturated carbocycles. The summed E-state index contributed by atoms with van der Waals surface area (Å²) in [6.45, 7) is 3.76. The Morgan fingerprint density at radius 2 is 2.07 bits per heavy atom. The van der Waals surface area contributed by atoms with E-state index >= 15 is 0 Å². The average molecular weight is 226 g/mol. The van der Waals surface area contributed by atoms with Gasteiger partial charge in [0, 0.05) is 17.5 Å². The van der Waals surface area contributed by atoms with Gasteiger partial charge in [0.2, 0.25) is 0 Å². The van der Waals surface area contributed by atoms with Gasteiger partial charge < -0.3 is 10.4 Å². The van der Waals surface area contributed by atoms with Gasteiger partial charge in [-0.05, 0) is 37.6 Å². The molecule has 2 unspecified atom stereocenters. The standard InChI is InChI=1S/C12H16ClNO/c1-12(15,10-6-7-14-8-10)9-2-4-11(13)5-3-9/h2-5,10,14-15H,6-8H2,1H3. The van der Waals surface area contributed by atoms with E-state index in [9.17, 15) is 5.11 Å². The maximum absolute atomic E-state index is 10.5. The fraction of sp³-hybridized carbons (Fsp3) is 0.500. The molecule has 0 aromatic heterocycles. The van der Waals surface area contributed by atoms with Crippen LogP contribution in [-0.2, 0) is 5.60 Å². The molecule has 1 fully saturated rings. The summed E-state index contributed by atoms with van der Waals surface area (Å²) in [5.41, 5.74) is 0.189. The zero-order valence-corrected chi connectivity index (χ0v) is 9.59. The van der Waals surface area contributed by atoms with E-state index in [1.165, 1.54) is 0 Å². The van der Waals surface area contributed by atoms with Crippen LogP contribution in [0.2, 0.25) is 5.02 Å². The lowest BCUT2D eigenvalue weighted by Gasteiger charge is -2.30. The largest absolute Gasteiger partial charge is 0.385 e. The Morgan fingerprint density at radius 1 is 1.40 bits per heavy atom. The molecule has 1 saturated heterocycles. The number of aliphatic hydroxyl groups is 1. The molecule has 0 bridgehead atoms. The number of rotatable bonds is 2. The van der Waals surface area contributed by atoms with E-state index in [-0.39, 0.29) is 0 Å². The average Bonchev–Trinajstić information content (AvgIpc) is 2.71. The highest BCUT2D eigenvalue weighted by molar-refractivity contribution is 6.30. The van der Waals surface area contributed by atoms with Crippen LogP contribution < -0.4 is 5.32 Å². The minimum atomic E-state index is -0.756. The molecule has 0 aliphatic carbocycles. The maximum Gasteiger partial charge on any atom is 0.0909 e. The Labute approximate surface area is 95.3 Å². The van der Waals surface area contributed by atoms with Crippen LogP contribution in [0.5, 0.6) is 0 Å². The van der Waals surface area contributed by atoms with Crippen molar-refractivity contribution < 1.29 is 5.11 Å². The molecular weight excluding hydrogens is 210 g/mol. The van der Waals surface area contributed by atoms with Crippen molar-refractivity contribution in [2.24, 2.45) is 5.92 Å². The Hall–Kier alpha value is -0.570. The summed E-state index contributed by atoms with van der Waals surface area (Å²) < 4.78 is 0. The van der Waals surface area contributed by atoms with E-state index in [1.54, 1.807) is 0 Å². The van der Waals surface area contributed by atoms with E-state index in [2.05, 4.69) is 5.32 Å². The summed E-state index contributed by atoms with van der Waals surface area (Å²) in [6, 6.07) is 7.46. The molecule has 0 amide bonds.